The van der Waals surface area contributed by atoms with Gasteiger partial charge in [0.05, 0.1) is 5.56 Å². The first kappa shape index (κ1) is 9.30. The van der Waals surface area contributed by atoms with E-state index in [2.05, 4.69) is 9.69 Å². The molecule has 0 amide bonds. The fourth-order valence-corrected chi connectivity index (χ4v) is 3.20. The molecule has 0 aliphatic carbocycles. The van der Waals surface area contributed by atoms with Crippen LogP contribution in [0.2, 0.25) is 0 Å². The molecular weight excluding hydrogens is 204 g/mol. The highest BCUT2D eigenvalue weighted by molar-refractivity contribution is 7.99. The minimum atomic E-state index is 0.0856. The highest BCUT2D eigenvalue weighted by Crippen LogP contribution is 2.23. The van der Waals surface area contributed by atoms with Crippen molar-refractivity contribution in [2.24, 2.45) is 0 Å². The molecule has 2 N–H and O–H groups in total. The summed E-state index contributed by atoms with van der Waals surface area (Å²) in [6.07, 6.45) is 0. The first-order valence-corrected chi connectivity index (χ1v) is 6.25. The van der Waals surface area contributed by atoms with Crippen LogP contribution in [0.3, 0.4) is 0 Å². The maximum atomic E-state index is 11.4. The number of thioether (sulfide) groups is 1. The van der Waals surface area contributed by atoms with Crippen LogP contribution in [0.4, 0.5) is 0 Å². The molecule has 3 nitrogen and oxygen atoms in total. The minimum Gasteiger partial charge on any atom is -0.308 e. The molecule has 2 heterocycles. The number of H-pyrrole nitrogens is 1. The van der Waals surface area contributed by atoms with Gasteiger partial charge in [-0.3, -0.25) is 9.17 Å². The molecule has 5 heteroatoms. The van der Waals surface area contributed by atoms with Gasteiger partial charge in [0.1, 0.15) is 0 Å². The maximum absolute atomic E-state index is 11.4. The van der Waals surface area contributed by atoms with E-state index in [-0.39, 0.29) is 11.6 Å². The SMILES string of the molecule is Cc1s[nH]c(=O)c1C1CSCCN1. The lowest BCUT2D eigenvalue weighted by Crippen LogP contribution is -2.33. The van der Waals surface area contributed by atoms with Gasteiger partial charge in [-0.1, -0.05) is 11.5 Å². The number of aromatic nitrogens is 1. The van der Waals surface area contributed by atoms with Crippen LogP contribution in [0.25, 0.3) is 0 Å². The van der Waals surface area contributed by atoms with E-state index in [1.807, 2.05) is 18.7 Å². The summed E-state index contributed by atoms with van der Waals surface area (Å²) < 4.78 is 2.77. The molecule has 1 aromatic heterocycles. The first-order valence-electron chi connectivity index (χ1n) is 4.28. The van der Waals surface area contributed by atoms with Crippen LogP contribution in [0.5, 0.6) is 0 Å². The highest BCUT2D eigenvalue weighted by Gasteiger charge is 2.20. The Morgan fingerprint density at radius 1 is 1.54 bits per heavy atom. The quantitative estimate of drug-likeness (QED) is 0.739. The number of rotatable bonds is 1. The Balaban J connectivity index is 2.27. The van der Waals surface area contributed by atoms with E-state index in [9.17, 15) is 4.79 Å². The Kier molecular flexibility index (Phi) is 2.76. The Morgan fingerprint density at radius 3 is 2.92 bits per heavy atom. The Bertz CT molecular complexity index is 338. The largest absolute Gasteiger partial charge is 0.308 e. The van der Waals surface area contributed by atoms with Crippen LogP contribution >= 0.6 is 23.3 Å². The van der Waals surface area contributed by atoms with Crippen molar-refractivity contribution in [2.45, 2.75) is 13.0 Å². The molecule has 0 saturated carbocycles. The van der Waals surface area contributed by atoms with E-state index in [0.29, 0.717) is 0 Å². The summed E-state index contributed by atoms with van der Waals surface area (Å²) >= 11 is 3.35. The van der Waals surface area contributed by atoms with Crippen LogP contribution in [0, 0.1) is 6.92 Å². The van der Waals surface area contributed by atoms with Crippen LogP contribution in [-0.2, 0) is 0 Å². The van der Waals surface area contributed by atoms with Gasteiger partial charge in [0.2, 0.25) is 0 Å². The average Bonchev–Trinajstić information content (AvgIpc) is 2.48. The van der Waals surface area contributed by atoms with E-state index in [4.69, 9.17) is 0 Å². The molecule has 1 aromatic rings. The van der Waals surface area contributed by atoms with Crippen molar-refractivity contribution in [3.8, 4) is 0 Å². The van der Waals surface area contributed by atoms with E-state index in [1.54, 1.807) is 0 Å². The van der Waals surface area contributed by atoms with Gasteiger partial charge >= 0.3 is 0 Å². The van der Waals surface area contributed by atoms with Crippen molar-refractivity contribution < 1.29 is 0 Å². The standard InChI is InChI=1S/C8H12N2OS2/c1-5-7(8(11)10-13-5)6-4-12-3-2-9-6/h6,9H,2-4H2,1H3,(H,10,11). The first-order chi connectivity index (χ1) is 6.29. The van der Waals surface area contributed by atoms with E-state index in [0.717, 1.165) is 28.5 Å². The Morgan fingerprint density at radius 2 is 2.38 bits per heavy atom. The fraction of sp³-hybridized carbons (Fsp3) is 0.625. The summed E-state index contributed by atoms with van der Waals surface area (Å²) in [6, 6.07) is 0.258. The molecule has 0 aromatic carbocycles. The summed E-state index contributed by atoms with van der Waals surface area (Å²) in [5.41, 5.74) is 1.03. The number of hydrogen-bond acceptors (Lipinski definition) is 4. The summed E-state index contributed by atoms with van der Waals surface area (Å²) in [6.45, 7) is 3.00. The number of aryl methyl sites for hydroxylation is 1. The second-order valence-corrected chi connectivity index (χ2v) is 5.26. The average molecular weight is 216 g/mol. The molecule has 1 aliphatic heterocycles. The number of hydrogen-bond donors (Lipinski definition) is 2. The van der Waals surface area contributed by atoms with E-state index in [1.165, 1.54) is 11.5 Å². The molecule has 2 rings (SSSR count). The van der Waals surface area contributed by atoms with Crippen molar-refractivity contribution in [1.29, 1.82) is 0 Å². The van der Waals surface area contributed by atoms with Gasteiger partial charge in [0.25, 0.3) is 5.56 Å². The molecule has 13 heavy (non-hydrogen) atoms. The van der Waals surface area contributed by atoms with Gasteiger partial charge in [0.15, 0.2) is 0 Å². The van der Waals surface area contributed by atoms with Gasteiger partial charge in [0, 0.05) is 29.0 Å². The zero-order valence-corrected chi connectivity index (χ0v) is 9.06. The Labute approximate surface area is 85.1 Å². The zero-order chi connectivity index (χ0) is 9.26. The molecule has 1 unspecified atom stereocenters. The predicted octanol–water partition coefficient (Wildman–Crippen LogP) is 1.12. The Hall–Kier alpha value is -0.260. The lowest BCUT2D eigenvalue weighted by molar-refractivity contribution is 0.590. The van der Waals surface area contributed by atoms with Gasteiger partial charge in [-0.15, -0.1) is 0 Å². The molecule has 1 fully saturated rings. The molecule has 72 valence electrons. The van der Waals surface area contributed by atoms with Crippen LogP contribution < -0.4 is 10.9 Å². The van der Waals surface area contributed by atoms with Crippen LogP contribution in [-0.4, -0.2) is 22.4 Å². The third-order valence-electron chi connectivity index (χ3n) is 2.19. The van der Waals surface area contributed by atoms with Crippen molar-refractivity contribution in [3.63, 3.8) is 0 Å². The van der Waals surface area contributed by atoms with Crippen molar-refractivity contribution >= 4 is 23.3 Å². The topological polar surface area (TPSA) is 44.9 Å². The summed E-state index contributed by atoms with van der Waals surface area (Å²) in [7, 11) is 0. The molecule has 0 spiro atoms. The lowest BCUT2D eigenvalue weighted by atomic mass is 10.1. The molecule has 0 bridgehead atoms. The minimum absolute atomic E-state index is 0.0856. The summed E-state index contributed by atoms with van der Waals surface area (Å²) in [5, 5.41) is 3.37. The predicted molar refractivity (Wildman–Crippen MR) is 57.7 cm³/mol. The lowest BCUT2D eigenvalue weighted by Gasteiger charge is -2.22. The third kappa shape index (κ3) is 1.82. The number of nitrogens with one attached hydrogen (secondary N) is 2. The number of aromatic amines is 1. The zero-order valence-electron chi connectivity index (χ0n) is 7.42. The van der Waals surface area contributed by atoms with Crippen LogP contribution in [0.15, 0.2) is 4.79 Å². The van der Waals surface area contributed by atoms with Crippen LogP contribution in [0.1, 0.15) is 16.5 Å². The van der Waals surface area contributed by atoms with Gasteiger partial charge in [-0.2, -0.15) is 11.8 Å². The van der Waals surface area contributed by atoms with E-state index >= 15 is 0 Å². The van der Waals surface area contributed by atoms with Crippen molar-refractivity contribution in [2.75, 3.05) is 18.1 Å². The highest BCUT2D eigenvalue weighted by atomic mass is 32.2. The fourth-order valence-electron chi connectivity index (χ4n) is 1.55. The van der Waals surface area contributed by atoms with Crippen molar-refractivity contribution in [3.05, 3.63) is 20.8 Å². The molecule has 1 aliphatic rings. The maximum Gasteiger partial charge on any atom is 0.263 e. The summed E-state index contributed by atoms with van der Waals surface area (Å²) in [5.74, 6) is 2.16. The van der Waals surface area contributed by atoms with Gasteiger partial charge in [-0.25, -0.2) is 0 Å². The smallest absolute Gasteiger partial charge is 0.263 e. The van der Waals surface area contributed by atoms with Gasteiger partial charge in [-0.05, 0) is 6.92 Å². The van der Waals surface area contributed by atoms with Crippen molar-refractivity contribution in [1.82, 2.24) is 9.69 Å². The normalized spacial score (nSPS) is 23.3. The second-order valence-electron chi connectivity index (χ2n) is 3.08. The molecular formula is C8H12N2OS2. The summed E-state index contributed by atoms with van der Waals surface area (Å²) in [4.78, 5) is 12.6. The van der Waals surface area contributed by atoms with Gasteiger partial charge < -0.3 is 5.32 Å². The molecule has 0 radical (unpaired) electrons. The van der Waals surface area contributed by atoms with E-state index < -0.39 is 0 Å². The monoisotopic (exact) mass is 216 g/mol. The molecule has 1 saturated heterocycles. The molecule has 1 atom stereocenters. The third-order valence-corrected chi connectivity index (χ3v) is 4.07. The second kappa shape index (κ2) is 3.86.